The van der Waals surface area contributed by atoms with Crippen LogP contribution in [0.2, 0.25) is 0 Å². The highest BCUT2D eigenvalue weighted by atomic mass is 19.4. The van der Waals surface area contributed by atoms with Crippen molar-refractivity contribution in [2.45, 2.75) is 19.6 Å². The highest BCUT2D eigenvalue weighted by molar-refractivity contribution is 6.02. The van der Waals surface area contributed by atoms with Gasteiger partial charge in [0.2, 0.25) is 17.4 Å². The number of aromatic nitrogens is 2. The molecule has 0 unspecified atom stereocenters. The van der Waals surface area contributed by atoms with Crippen molar-refractivity contribution in [1.82, 2.24) is 9.55 Å². The molecule has 164 valence electrons. The van der Waals surface area contributed by atoms with Crippen molar-refractivity contribution in [1.29, 1.82) is 0 Å². The Hall–Kier alpha value is -4.15. The first-order valence-corrected chi connectivity index (χ1v) is 9.29. The third kappa shape index (κ3) is 4.04. The first-order chi connectivity index (χ1) is 15.1. The van der Waals surface area contributed by atoms with Crippen LogP contribution in [0.25, 0.3) is 22.1 Å². The summed E-state index contributed by atoms with van der Waals surface area (Å²) in [6.45, 7) is 0.580. The Morgan fingerprint density at radius 2 is 1.88 bits per heavy atom. The number of hydrogen-bond donors (Lipinski definition) is 2. The average Bonchev–Trinajstić information content (AvgIpc) is 3.09. The molecule has 11 heteroatoms. The van der Waals surface area contributed by atoms with E-state index in [-0.39, 0.29) is 11.3 Å². The number of halogens is 3. The normalized spacial score (nSPS) is 11.6. The standard InChI is InChI=1S/C21H15F3N4O4/c1-11(29)26-12-6-7-15(14(8-12)21(22,23)24)27-17(30)9-28-10-25-18-13-4-2-3-5-16(13)32-19(18)20(28)31/h2-8,10H,9H2,1H3,(H,26,29)(H,27,30). The molecule has 0 aliphatic heterocycles. The molecule has 32 heavy (non-hydrogen) atoms. The maximum atomic E-state index is 13.4. The number of carbonyl (C=O) groups is 2. The first-order valence-electron chi connectivity index (χ1n) is 9.29. The lowest BCUT2D eigenvalue weighted by Crippen LogP contribution is -2.28. The van der Waals surface area contributed by atoms with Gasteiger partial charge in [-0.05, 0) is 30.3 Å². The van der Waals surface area contributed by atoms with E-state index >= 15 is 0 Å². The summed E-state index contributed by atoms with van der Waals surface area (Å²) in [7, 11) is 0. The van der Waals surface area contributed by atoms with Gasteiger partial charge in [-0.15, -0.1) is 0 Å². The van der Waals surface area contributed by atoms with Crippen molar-refractivity contribution < 1.29 is 27.2 Å². The van der Waals surface area contributed by atoms with Crippen molar-refractivity contribution in [2.24, 2.45) is 0 Å². The number of fused-ring (bicyclic) bond motifs is 3. The zero-order valence-corrected chi connectivity index (χ0v) is 16.5. The van der Waals surface area contributed by atoms with Crippen LogP contribution >= 0.6 is 0 Å². The molecule has 0 radical (unpaired) electrons. The molecule has 0 saturated carbocycles. The van der Waals surface area contributed by atoms with Crippen LogP contribution in [-0.2, 0) is 22.3 Å². The monoisotopic (exact) mass is 444 g/mol. The fourth-order valence-electron chi connectivity index (χ4n) is 3.24. The smallest absolute Gasteiger partial charge is 0.418 e. The van der Waals surface area contributed by atoms with Crippen LogP contribution < -0.4 is 16.2 Å². The van der Waals surface area contributed by atoms with Crippen LogP contribution in [0.4, 0.5) is 24.5 Å². The maximum absolute atomic E-state index is 13.4. The topological polar surface area (TPSA) is 106 Å². The lowest BCUT2D eigenvalue weighted by Gasteiger charge is -2.16. The molecule has 0 aliphatic rings. The van der Waals surface area contributed by atoms with Gasteiger partial charge in [0, 0.05) is 18.0 Å². The highest BCUT2D eigenvalue weighted by Crippen LogP contribution is 2.36. The number of hydrogen-bond acceptors (Lipinski definition) is 5. The molecular weight excluding hydrogens is 429 g/mol. The molecule has 2 heterocycles. The van der Waals surface area contributed by atoms with Crippen molar-refractivity contribution in [2.75, 3.05) is 10.6 Å². The molecule has 4 rings (SSSR count). The summed E-state index contributed by atoms with van der Waals surface area (Å²) in [5.41, 5.74) is -1.65. The van der Waals surface area contributed by atoms with E-state index in [0.29, 0.717) is 22.6 Å². The van der Waals surface area contributed by atoms with E-state index in [2.05, 4.69) is 15.6 Å². The van der Waals surface area contributed by atoms with Crippen LogP contribution in [0, 0.1) is 0 Å². The fraction of sp³-hybridized carbons (Fsp3) is 0.143. The zero-order valence-electron chi connectivity index (χ0n) is 16.5. The summed E-state index contributed by atoms with van der Waals surface area (Å²) in [5, 5.41) is 5.05. The summed E-state index contributed by atoms with van der Waals surface area (Å²) in [6, 6.07) is 9.84. The second kappa shape index (κ2) is 7.84. The van der Waals surface area contributed by atoms with Crippen LogP contribution in [0.15, 0.2) is 58.0 Å². The van der Waals surface area contributed by atoms with E-state index in [4.69, 9.17) is 4.42 Å². The number of anilines is 2. The molecule has 2 amide bonds. The summed E-state index contributed by atoms with van der Waals surface area (Å²) in [5.74, 6) is -1.41. The number of nitrogens with zero attached hydrogens (tertiary/aromatic N) is 2. The zero-order chi connectivity index (χ0) is 23.0. The van der Waals surface area contributed by atoms with E-state index in [1.165, 1.54) is 6.07 Å². The predicted octanol–water partition coefficient (Wildman–Crippen LogP) is 3.76. The van der Waals surface area contributed by atoms with E-state index in [1.54, 1.807) is 24.3 Å². The fourth-order valence-corrected chi connectivity index (χ4v) is 3.24. The summed E-state index contributed by atoms with van der Waals surface area (Å²) < 4.78 is 46.8. The highest BCUT2D eigenvalue weighted by Gasteiger charge is 2.34. The van der Waals surface area contributed by atoms with E-state index in [0.717, 1.165) is 23.9 Å². The van der Waals surface area contributed by atoms with Gasteiger partial charge in [0.05, 0.1) is 17.6 Å². The molecule has 2 N–H and O–H groups in total. The molecule has 0 aliphatic carbocycles. The van der Waals surface area contributed by atoms with Crippen LogP contribution in [0.3, 0.4) is 0 Å². The molecule has 8 nitrogen and oxygen atoms in total. The molecular formula is C21H15F3N4O4. The average molecular weight is 444 g/mol. The van der Waals surface area contributed by atoms with Crippen LogP contribution in [0.5, 0.6) is 0 Å². The van der Waals surface area contributed by atoms with Crippen molar-refractivity contribution in [3.63, 3.8) is 0 Å². The predicted molar refractivity (Wildman–Crippen MR) is 110 cm³/mol. The number of rotatable bonds is 4. The molecule has 0 spiro atoms. The minimum atomic E-state index is -4.79. The Balaban J connectivity index is 1.62. The number of carbonyl (C=O) groups excluding carboxylic acids is 2. The number of alkyl halides is 3. The third-order valence-corrected chi connectivity index (χ3v) is 4.58. The first kappa shape index (κ1) is 21.1. The number of furan rings is 1. The Morgan fingerprint density at radius 1 is 1.12 bits per heavy atom. The summed E-state index contributed by atoms with van der Waals surface area (Å²) in [4.78, 5) is 40.4. The van der Waals surface area contributed by atoms with Gasteiger partial charge in [-0.3, -0.25) is 19.0 Å². The van der Waals surface area contributed by atoms with Gasteiger partial charge >= 0.3 is 6.18 Å². The van der Waals surface area contributed by atoms with Crippen LogP contribution in [-0.4, -0.2) is 21.4 Å². The van der Waals surface area contributed by atoms with E-state index in [9.17, 15) is 27.6 Å². The van der Waals surface area contributed by atoms with Crippen molar-refractivity contribution in [3.8, 4) is 0 Å². The Kier molecular flexibility index (Phi) is 5.17. The number of benzene rings is 2. The van der Waals surface area contributed by atoms with Crippen molar-refractivity contribution >= 4 is 45.3 Å². The number of nitrogens with one attached hydrogen (secondary N) is 2. The number of amides is 2. The second-order valence-corrected chi connectivity index (χ2v) is 6.94. The lowest BCUT2D eigenvalue weighted by molar-refractivity contribution is -0.137. The van der Waals surface area contributed by atoms with Crippen LogP contribution in [0.1, 0.15) is 12.5 Å². The van der Waals surface area contributed by atoms with Gasteiger partial charge in [0.1, 0.15) is 17.6 Å². The van der Waals surface area contributed by atoms with Gasteiger partial charge in [-0.1, -0.05) is 12.1 Å². The molecule has 0 fully saturated rings. The second-order valence-electron chi connectivity index (χ2n) is 6.94. The SMILES string of the molecule is CC(=O)Nc1ccc(NC(=O)Cn2cnc3c(oc4ccccc43)c2=O)c(C(F)(F)F)c1. The molecule has 2 aromatic carbocycles. The minimum absolute atomic E-state index is 0.0582. The summed E-state index contributed by atoms with van der Waals surface area (Å²) in [6.07, 6.45) is -3.65. The molecule has 0 bridgehead atoms. The van der Waals surface area contributed by atoms with Gasteiger partial charge < -0.3 is 15.1 Å². The Labute approximate surface area is 177 Å². The minimum Gasteiger partial charge on any atom is -0.448 e. The summed E-state index contributed by atoms with van der Waals surface area (Å²) >= 11 is 0. The van der Waals surface area contributed by atoms with Gasteiger partial charge in [-0.25, -0.2) is 4.98 Å². The Bertz CT molecular complexity index is 1420. The Morgan fingerprint density at radius 3 is 2.59 bits per heavy atom. The van der Waals surface area contributed by atoms with Crippen molar-refractivity contribution in [3.05, 3.63) is 64.7 Å². The van der Waals surface area contributed by atoms with Gasteiger partial charge in [-0.2, -0.15) is 13.2 Å². The molecule has 0 saturated heterocycles. The van der Waals surface area contributed by atoms with E-state index in [1.807, 2.05) is 0 Å². The van der Waals surface area contributed by atoms with Gasteiger partial charge in [0.15, 0.2) is 0 Å². The lowest BCUT2D eigenvalue weighted by atomic mass is 10.1. The molecule has 0 atom stereocenters. The molecule has 4 aromatic rings. The quantitative estimate of drug-likeness (QED) is 0.499. The molecule has 2 aromatic heterocycles. The maximum Gasteiger partial charge on any atom is 0.418 e. The third-order valence-electron chi connectivity index (χ3n) is 4.58. The van der Waals surface area contributed by atoms with Gasteiger partial charge in [0.25, 0.3) is 5.56 Å². The van der Waals surface area contributed by atoms with E-state index < -0.39 is 41.3 Å². The largest absolute Gasteiger partial charge is 0.448 e. The number of para-hydroxylation sites is 1.